The smallest absolute Gasteiger partial charge is 0.222 e. The van der Waals surface area contributed by atoms with Crippen LogP contribution in [0.15, 0.2) is 30.5 Å². The first-order valence-electron chi connectivity index (χ1n) is 6.93. The van der Waals surface area contributed by atoms with Gasteiger partial charge < -0.3 is 10.1 Å². The number of pyridine rings is 1. The molecule has 1 aliphatic rings. The molecule has 5 heteroatoms. The molecule has 0 bridgehead atoms. The van der Waals surface area contributed by atoms with Gasteiger partial charge in [-0.3, -0.25) is 0 Å². The summed E-state index contributed by atoms with van der Waals surface area (Å²) >= 11 is 12.1. The monoisotopic (exact) mass is 322 g/mol. The molecule has 1 aromatic carbocycles. The molecule has 110 valence electrons. The van der Waals surface area contributed by atoms with Crippen LogP contribution in [0.3, 0.4) is 0 Å². The van der Waals surface area contributed by atoms with Gasteiger partial charge in [0.15, 0.2) is 0 Å². The topological polar surface area (TPSA) is 34.2 Å². The molecule has 3 nitrogen and oxygen atoms in total. The second kappa shape index (κ2) is 6.22. The summed E-state index contributed by atoms with van der Waals surface area (Å²) in [5.41, 5.74) is 2.13. The zero-order chi connectivity index (χ0) is 14.8. The molecule has 1 N–H and O–H groups in total. The molecule has 0 unspecified atom stereocenters. The number of rotatable bonds is 5. The van der Waals surface area contributed by atoms with E-state index in [0.29, 0.717) is 27.7 Å². The maximum atomic E-state index is 6.10. The third kappa shape index (κ3) is 3.88. The van der Waals surface area contributed by atoms with Crippen LogP contribution >= 0.6 is 23.2 Å². The van der Waals surface area contributed by atoms with Crippen LogP contribution in [0.5, 0.6) is 11.6 Å². The summed E-state index contributed by atoms with van der Waals surface area (Å²) in [6.45, 7) is 2.82. The Bertz CT molecular complexity index is 657. The van der Waals surface area contributed by atoms with E-state index in [1.807, 2.05) is 13.1 Å². The molecule has 0 radical (unpaired) electrons. The molecule has 0 amide bonds. The predicted octanol–water partition coefficient (Wildman–Crippen LogP) is 4.74. The minimum atomic E-state index is 0.514. The molecule has 1 aliphatic carbocycles. The summed E-state index contributed by atoms with van der Waals surface area (Å²) in [5.74, 6) is 1.07. The average Bonchev–Trinajstić information content (AvgIpc) is 3.27. The highest BCUT2D eigenvalue weighted by molar-refractivity contribution is 6.34. The molecule has 1 fully saturated rings. The van der Waals surface area contributed by atoms with Crippen molar-refractivity contribution < 1.29 is 4.74 Å². The fraction of sp³-hybridized carbons (Fsp3) is 0.312. The maximum absolute atomic E-state index is 6.10. The first kappa shape index (κ1) is 14.6. The lowest BCUT2D eigenvalue weighted by Gasteiger charge is -2.11. The Hall–Kier alpha value is -1.29. The molecule has 0 atom stereocenters. The van der Waals surface area contributed by atoms with E-state index >= 15 is 0 Å². The number of halogens is 2. The first-order chi connectivity index (χ1) is 10.1. The summed E-state index contributed by atoms with van der Waals surface area (Å²) in [6, 6.07) is 7.89. The third-order valence-electron chi connectivity index (χ3n) is 3.36. The van der Waals surface area contributed by atoms with Crippen molar-refractivity contribution in [2.45, 2.75) is 32.4 Å². The van der Waals surface area contributed by atoms with Crippen molar-refractivity contribution in [1.29, 1.82) is 0 Å². The van der Waals surface area contributed by atoms with Crippen molar-refractivity contribution in [1.82, 2.24) is 10.3 Å². The lowest BCUT2D eigenvalue weighted by Crippen LogP contribution is -2.15. The largest absolute Gasteiger partial charge is 0.437 e. The minimum Gasteiger partial charge on any atom is -0.437 e. The molecule has 2 aromatic rings. The average molecular weight is 323 g/mol. The molecule has 1 heterocycles. The zero-order valence-electron chi connectivity index (χ0n) is 11.7. The Morgan fingerprint density at radius 2 is 2.10 bits per heavy atom. The maximum Gasteiger partial charge on any atom is 0.222 e. The second-order valence-corrected chi connectivity index (χ2v) is 6.14. The first-order valence-corrected chi connectivity index (χ1v) is 7.69. The van der Waals surface area contributed by atoms with Crippen LogP contribution < -0.4 is 10.1 Å². The number of aromatic nitrogens is 1. The van der Waals surface area contributed by atoms with Gasteiger partial charge in [-0.25, -0.2) is 4.98 Å². The van der Waals surface area contributed by atoms with Crippen molar-refractivity contribution in [3.63, 3.8) is 0 Å². The number of nitrogens with zero attached hydrogens (tertiary/aromatic N) is 1. The molecule has 0 saturated heterocycles. The van der Waals surface area contributed by atoms with Gasteiger partial charge in [0.05, 0.1) is 5.02 Å². The van der Waals surface area contributed by atoms with E-state index in [1.165, 1.54) is 12.8 Å². The quantitative estimate of drug-likeness (QED) is 0.863. The molecular formula is C16H16Cl2N2O. The van der Waals surface area contributed by atoms with E-state index in [0.717, 1.165) is 17.7 Å². The molecule has 3 rings (SSSR count). The van der Waals surface area contributed by atoms with Gasteiger partial charge >= 0.3 is 0 Å². The van der Waals surface area contributed by atoms with Crippen LogP contribution in [0.4, 0.5) is 0 Å². The van der Waals surface area contributed by atoms with Gasteiger partial charge in [0.2, 0.25) is 5.88 Å². The molecule has 1 saturated carbocycles. The number of hydrogen-bond donors (Lipinski definition) is 1. The Kier molecular flexibility index (Phi) is 4.34. The van der Waals surface area contributed by atoms with Crippen molar-refractivity contribution in [2.24, 2.45) is 0 Å². The van der Waals surface area contributed by atoms with Crippen molar-refractivity contribution in [2.75, 3.05) is 0 Å². The highest BCUT2D eigenvalue weighted by atomic mass is 35.5. The van der Waals surface area contributed by atoms with E-state index in [4.69, 9.17) is 27.9 Å². The van der Waals surface area contributed by atoms with Gasteiger partial charge in [0, 0.05) is 35.4 Å². The van der Waals surface area contributed by atoms with Crippen LogP contribution in [0.2, 0.25) is 10.0 Å². The number of nitrogens with one attached hydrogen (secondary N) is 1. The van der Waals surface area contributed by atoms with E-state index in [9.17, 15) is 0 Å². The fourth-order valence-electron chi connectivity index (χ4n) is 2.03. The lowest BCUT2D eigenvalue weighted by atomic mass is 10.2. The van der Waals surface area contributed by atoms with E-state index in [-0.39, 0.29) is 0 Å². The standard InChI is InChI=1S/C16H16Cl2N2O/c1-10-6-11(8-19-13-3-4-13)9-20-16(10)21-15-7-12(17)2-5-14(15)18/h2,5-7,9,13,19H,3-4,8H2,1H3. The normalized spacial score (nSPS) is 14.2. The highest BCUT2D eigenvalue weighted by Gasteiger charge is 2.20. The Balaban J connectivity index is 1.74. The highest BCUT2D eigenvalue weighted by Crippen LogP contribution is 2.32. The summed E-state index contributed by atoms with van der Waals surface area (Å²) in [5, 5.41) is 4.56. The molecule has 0 spiro atoms. The number of ether oxygens (including phenoxy) is 1. The number of aryl methyl sites for hydroxylation is 1. The van der Waals surface area contributed by atoms with Gasteiger partial charge in [-0.2, -0.15) is 0 Å². The van der Waals surface area contributed by atoms with E-state index in [1.54, 1.807) is 18.2 Å². The van der Waals surface area contributed by atoms with Crippen LogP contribution in [-0.2, 0) is 6.54 Å². The Morgan fingerprint density at radius 3 is 2.81 bits per heavy atom. The zero-order valence-corrected chi connectivity index (χ0v) is 13.2. The SMILES string of the molecule is Cc1cc(CNC2CC2)cnc1Oc1cc(Cl)ccc1Cl. The minimum absolute atomic E-state index is 0.514. The van der Waals surface area contributed by atoms with Gasteiger partial charge in [-0.1, -0.05) is 23.2 Å². The molecule has 21 heavy (non-hydrogen) atoms. The third-order valence-corrected chi connectivity index (χ3v) is 3.91. The van der Waals surface area contributed by atoms with Crippen LogP contribution in [-0.4, -0.2) is 11.0 Å². The lowest BCUT2D eigenvalue weighted by molar-refractivity contribution is 0.458. The predicted molar refractivity (Wildman–Crippen MR) is 85.4 cm³/mol. The van der Waals surface area contributed by atoms with Crippen LogP contribution in [0.1, 0.15) is 24.0 Å². The van der Waals surface area contributed by atoms with Crippen LogP contribution in [0, 0.1) is 6.92 Å². The van der Waals surface area contributed by atoms with Gasteiger partial charge in [-0.05, 0) is 43.5 Å². The molecule has 0 aliphatic heterocycles. The van der Waals surface area contributed by atoms with Gasteiger partial charge in [0.25, 0.3) is 0 Å². The molecule has 1 aromatic heterocycles. The van der Waals surface area contributed by atoms with E-state index < -0.39 is 0 Å². The van der Waals surface area contributed by atoms with Crippen molar-refractivity contribution in [3.8, 4) is 11.6 Å². The second-order valence-electron chi connectivity index (χ2n) is 5.30. The van der Waals surface area contributed by atoms with E-state index in [2.05, 4.69) is 16.4 Å². The van der Waals surface area contributed by atoms with Gasteiger partial charge in [-0.15, -0.1) is 0 Å². The molecular weight excluding hydrogens is 307 g/mol. The summed E-state index contributed by atoms with van der Waals surface area (Å²) in [4.78, 5) is 4.38. The summed E-state index contributed by atoms with van der Waals surface area (Å²) in [7, 11) is 0. The van der Waals surface area contributed by atoms with Crippen molar-refractivity contribution >= 4 is 23.2 Å². The Morgan fingerprint density at radius 1 is 1.29 bits per heavy atom. The fourth-order valence-corrected chi connectivity index (χ4v) is 2.35. The Labute approximate surface area is 134 Å². The number of hydrogen-bond acceptors (Lipinski definition) is 3. The van der Waals surface area contributed by atoms with Crippen LogP contribution in [0.25, 0.3) is 0 Å². The summed E-state index contributed by atoms with van der Waals surface area (Å²) < 4.78 is 5.77. The number of benzene rings is 1. The van der Waals surface area contributed by atoms with Crippen molar-refractivity contribution in [3.05, 3.63) is 51.6 Å². The summed E-state index contributed by atoms with van der Waals surface area (Å²) in [6.07, 6.45) is 4.39. The van der Waals surface area contributed by atoms with Gasteiger partial charge in [0.1, 0.15) is 5.75 Å².